The average molecular weight is 252 g/mol. The minimum absolute atomic E-state index is 0.0274. The van der Waals surface area contributed by atoms with Crippen LogP contribution in [0.5, 0.6) is 0 Å². The molecule has 18 heavy (non-hydrogen) atoms. The second-order valence-corrected chi connectivity index (χ2v) is 5.37. The van der Waals surface area contributed by atoms with Gasteiger partial charge in [0.15, 0.2) is 0 Å². The SMILES string of the molecule is CO[C@H]1CCCC[C@@H]1OC(=O)CC1=CCCCC1. The number of hydrogen-bond acceptors (Lipinski definition) is 3. The molecule has 0 spiro atoms. The molecule has 1 saturated carbocycles. The monoisotopic (exact) mass is 252 g/mol. The van der Waals surface area contributed by atoms with E-state index < -0.39 is 0 Å². The van der Waals surface area contributed by atoms with Crippen molar-refractivity contribution < 1.29 is 14.3 Å². The molecule has 3 nitrogen and oxygen atoms in total. The van der Waals surface area contributed by atoms with Crippen molar-refractivity contribution in [2.75, 3.05) is 7.11 Å². The summed E-state index contributed by atoms with van der Waals surface area (Å²) in [5.41, 5.74) is 1.26. The molecule has 0 heterocycles. The van der Waals surface area contributed by atoms with Gasteiger partial charge in [-0.05, 0) is 44.9 Å². The smallest absolute Gasteiger partial charge is 0.310 e. The van der Waals surface area contributed by atoms with E-state index in [2.05, 4.69) is 6.08 Å². The van der Waals surface area contributed by atoms with E-state index in [-0.39, 0.29) is 18.2 Å². The molecule has 0 aromatic carbocycles. The molecule has 1 fully saturated rings. The van der Waals surface area contributed by atoms with Crippen molar-refractivity contribution in [2.45, 2.75) is 70.0 Å². The molecule has 0 N–H and O–H groups in total. The average Bonchev–Trinajstić information content (AvgIpc) is 2.40. The predicted molar refractivity (Wildman–Crippen MR) is 70.3 cm³/mol. The lowest BCUT2D eigenvalue weighted by atomic mass is 9.94. The lowest BCUT2D eigenvalue weighted by Gasteiger charge is -2.30. The fourth-order valence-electron chi connectivity index (χ4n) is 2.93. The topological polar surface area (TPSA) is 35.5 Å². The highest BCUT2D eigenvalue weighted by atomic mass is 16.6. The van der Waals surface area contributed by atoms with Crippen LogP contribution in [-0.2, 0) is 14.3 Å². The van der Waals surface area contributed by atoms with Crippen LogP contribution in [-0.4, -0.2) is 25.3 Å². The molecule has 0 unspecified atom stereocenters. The third-order valence-electron chi connectivity index (χ3n) is 3.98. The summed E-state index contributed by atoms with van der Waals surface area (Å²) >= 11 is 0. The van der Waals surface area contributed by atoms with Gasteiger partial charge in [-0.15, -0.1) is 0 Å². The molecule has 0 amide bonds. The molecular weight excluding hydrogens is 228 g/mol. The van der Waals surface area contributed by atoms with Gasteiger partial charge in [0.05, 0.1) is 12.5 Å². The first-order chi connectivity index (χ1) is 8.79. The Labute approximate surface area is 110 Å². The fourth-order valence-corrected chi connectivity index (χ4v) is 2.93. The minimum atomic E-state index is -0.0721. The number of ether oxygens (including phenoxy) is 2. The number of carbonyl (C=O) groups is 1. The first-order valence-corrected chi connectivity index (χ1v) is 7.20. The van der Waals surface area contributed by atoms with Gasteiger partial charge in [0.25, 0.3) is 0 Å². The summed E-state index contributed by atoms with van der Waals surface area (Å²) in [6, 6.07) is 0. The Balaban J connectivity index is 1.80. The van der Waals surface area contributed by atoms with Crippen LogP contribution in [0.3, 0.4) is 0 Å². The van der Waals surface area contributed by atoms with Gasteiger partial charge >= 0.3 is 5.97 Å². The summed E-state index contributed by atoms with van der Waals surface area (Å²) in [4.78, 5) is 11.9. The Kier molecular flexibility index (Phi) is 5.24. The Bertz CT molecular complexity index is 309. The van der Waals surface area contributed by atoms with Gasteiger partial charge in [-0.2, -0.15) is 0 Å². The van der Waals surface area contributed by atoms with Crippen LogP contribution in [0.2, 0.25) is 0 Å². The van der Waals surface area contributed by atoms with Gasteiger partial charge in [0.1, 0.15) is 6.10 Å². The summed E-state index contributed by atoms with van der Waals surface area (Å²) < 4.78 is 11.0. The number of esters is 1. The van der Waals surface area contributed by atoms with E-state index in [9.17, 15) is 4.79 Å². The van der Waals surface area contributed by atoms with Crippen molar-refractivity contribution in [1.82, 2.24) is 0 Å². The van der Waals surface area contributed by atoms with Crippen LogP contribution in [0.25, 0.3) is 0 Å². The van der Waals surface area contributed by atoms with Gasteiger partial charge < -0.3 is 9.47 Å². The first-order valence-electron chi connectivity index (χ1n) is 7.20. The van der Waals surface area contributed by atoms with Crippen molar-refractivity contribution in [3.8, 4) is 0 Å². The maximum atomic E-state index is 11.9. The van der Waals surface area contributed by atoms with E-state index in [0.29, 0.717) is 6.42 Å². The van der Waals surface area contributed by atoms with Gasteiger partial charge in [0.2, 0.25) is 0 Å². The van der Waals surface area contributed by atoms with Gasteiger partial charge in [0, 0.05) is 7.11 Å². The maximum Gasteiger partial charge on any atom is 0.310 e. The zero-order chi connectivity index (χ0) is 12.8. The van der Waals surface area contributed by atoms with E-state index >= 15 is 0 Å². The summed E-state index contributed by atoms with van der Waals surface area (Å²) in [5, 5.41) is 0. The summed E-state index contributed by atoms with van der Waals surface area (Å²) in [6.45, 7) is 0. The van der Waals surface area contributed by atoms with Crippen LogP contribution in [0, 0.1) is 0 Å². The van der Waals surface area contributed by atoms with Crippen molar-refractivity contribution in [1.29, 1.82) is 0 Å². The quantitative estimate of drug-likeness (QED) is 0.568. The molecular formula is C15H24O3. The molecule has 0 aromatic rings. The standard InChI is InChI=1S/C15H24O3/c1-17-13-9-5-6-10-14(13)18-15(16)11-12-7-3-2-4-8-12/h7,13-14H,2-6,8-11H2,1H3/t13-,14-/m0/s1. The maximum absolute atomic E-state index is 11.9. The van der Waals surface area contributed by atoms with E-state index in [1.165, 1.54) is 24.8 Å². The summed E-state index contributed by atoms with van der Waals surface area (Å²) in [5.74, 6) is -0.0721. The second kappa shape index (κ2) is 6.93. The van der Waals surface area contributed by atoms with E-state index in [1.807, 2.05) is 0 Å². The van der Waals surface area contributed by atoms with E-state index in [1.54, 1.807) is 7.11 Å². The molecule has 2 rings (SSSR count). The Morgan fingerprint density at radius 2 is 2.00 bits per heavy atom. The van der Waals surface area contributed by atoms with Crippen molar-refractivity contribution in [3.63, 3.8) is 0 Å². The molecule has 2 atom stereocenters. The highest BCUT2D eigenvalue weighted by Crippen LogP contribution is 2.25. The number of allylic oxidation sites excluding steroid dienone is 1. The predicted octanol–water partition coefficient (Wildman–Crippen LogP) is 3.38. The Hall–Kier alpha value is -0.830. The summed E-state index contributed by atoms with van der Waals surface area (Å²) in [6.07, 6.45) is 11.7. The second-order valence-electron chi connectivity index (χ2n) is 5.37. The molecule has 2 aliphatic carbocycles. The first kappa shape index (κ1) is 13.6. The number of carbonyl (C=O) groups excluding carboxylic acids is 1. The lowest BCUT2D eigenvalue weighted by molar-refractivity contribution is -0.158. The van der Waals surface area contributed by atoms with Gasteiger partial charge in [-0.25, -0.2) is 0 Å². The van der Waals surface area contributed by atoms with E-state index in [4.69, 9.17) is 9.47 Å². The number of hydrogen-bond donors (Lipinski definition) is 0. The van der Waals surface area contributed by atoms with Crippen molar-refractivity contribution in [3.05, 3.63) is 11.6 Å². The normalized spacial score (nSPS) is 28.6. The highest BCUT2D eigenvalue weighted by Gasteiger charge is 2.28. The third kappa shape index (κ3) is 3.84. The molecule has 0 aromatic heterocycles. The number of rotatable bonds is 4. The number of methoxy groups -OCH3 is 1. The highest BCUT2D eigenvalue weighted by molar-refractivity contribution is 5.72. The van der Waals surface area contributed by atoms with Crippen molar-refractivity contribution in [2.24, 2.45) is 0 Å². The zero-order valence-corrected chi connectivity index (χ0v) is 11.3. The Morgan fingerprint density at radius 3 is 2.67 bits per heavy atom. The van der Waals surface area contributed by atoms with Gasteiger partial charge in [-0.3, -0.25) is 4.79 Å². The molecule has 0 bridgehead atoms. The third-order valence-corrected chi connectivity index (χ3v) is 3.98. The van der Waals surface area contributed by atoms with Crippen molar-refractivity contribution >= 4 is 5.97 Å². The van der Waals surface area contributed by atoms with Crippen LogP contribution in [0.1, 0.15) is 57.8 Å². The Morgan fingerprint density at radius 1 is 1.22 bits per heavy atom. The summed E-state index contributed by atoms with van der Waals surface area (Å²) in [7, 11) is 1.71. The zero-order valence-electron chi connectivity index (χ0n) is 11.3. The van der Waals surface area contributed by atoms with Crippen LogP contribution >= 0.6 is 0 Å². The van der Waals surface area contributed by atoms with Crippen LogP contribution in [0.4, 0.5) is 0 Å². The lowest BCUT2D eigenvalue weighted by Crippen LogP contribution is -2.35. The van der Waals surface area contributed by atoms with Crippen LogP contribution < -0.4 is 0 Å². The molecule has 3 heteroatoms. The molecule has 102 valence electrons. The minimum Gasteiger partial charge on any atom is -0.459 e. The van der Waals surface area contributed by atoms with Gasteiger partial charge in [-0.1, -0.05) is 18.1 Å². The largest absolute Gasteiger partial charge is 0.459 e. The molecule has 0 radical (unpaired) electrons. The van der Waals surface area contributed by atoms with Crippen LogP contribution in [0.15, 0.2) is 11.6 Å². The fraction of sp³-hybridized carbons (Fsp3) is 0.800. The van der Waals surface area contributed by atoms with E-state index in [0.717, 1.165) is 32.1 Å². The molecule has 0 saturated heterocycles. The molecule has 0 aliphatic heterocycles. The molecule has 2 aliphatic rings.